The van der Waals surface area contributed by atoms with Crippen molar-refractivity contribution in [2.75, 3.05) is 0 Å². The number of aromatic nitrogens is 4. The molecule has 4 aromatic rings. The van der Waals surface area contributed by atoms with E-state index in [0.717, 1.165) is 4.47 Å². The van der Waals surface area contributed by atoms with Crippen LogP contribution in [-0.4, -0.2) is 25.4 Å². The first kappa shape index (κ1) is 14.8. The summed E-state index contributed by atoms with van der Waals surface area (Å²) in [7, 11) is 0. The summed E-state index contributed by atoms with van der Waals surface area (Å²) in [5.41, 5.74) is 1.76. The van der Waals surface area contributed by atoms with Gasteiger partial charge in [0.2, 0.25) is 5.78 Å². The number of para-hydroxylation sites is 2. The number of fused-ring (bicyclic) bond motifs is 3. The molecule has 0 unspecified atom stereocenters. The van der Waals surface area contributed by atoms with Gasteiger partial charge in [0, 0.05) is 10.0 Å². The summed E-state index contributed by atoms with van der Waals surface area (Å²) in [6.07, 6.45) is -0.0700. The Morgan fingerprint density at radius 3 is 2.67 bits per heavy atom. The molecule has 0 saturated carbocycles. The van der Waals surface area contributed by atoms with E-state index in [2.05, 4.69) is 31.1 Å². The quantitative estimate of drug-likeness (QED) is 0.552. The van der Waals surface area contributed by atoms with Crippen molar-refractivity contribution in [3.8, 4) is 0 Å². The second-order valence-electron chi connectivity index (χ2n) is 5.34. The molecule has 4 rings (SSSR count). The van der Waals surface area contributed by atoms with Gasteiger partial charge < -0.3 is 0 Å². The molecule has 24 heavy (non-hydrogen) atoms. The molecule has 6 nitrogen and oxygen atoms in total. The zero-order chi connectivity index (χ0) is 16.7. The number of rotatable bonds is 3. The standard InChI is InChI=1S/C17H11BrN4O2/c18-11-7-5-10(6-8-11)15(23)9-13-16(24)22-14-4-2-1-3-12(14)19-17(22)21-20-13/h1-8H,9H2,(H,19,21). The van der Waals surface area contributed by atoms with Crippen molar-refractivity contribution in [3.05, 3.63) is 74.6 Å². The normalized spacial score (nSPS) is 11.2. The number of ketones is 1. The van der Waals surface area contributed by atoms with Gasteiger partial charge in [-0.05, 0) is 24.3 Å². The molecule has 0 radical (unpaired) electrons. The molecule has 1 N–H and O–H groups in total. The largest absolute Gasteiger partial charge is 0.294 e. The first-order chi connectivity index (χ1) is 11.6. The molecule has 2 heterocycles. The Morgan fingerprint density at radius 1 is 1.12 bits per heavy atom. The van der Waals surface area contributed by atoms with Gasteiger partial charge in [-0.3, -0.25) is 9.59 Å². The molecule has 0 aliphatic rings. The fraction of sp³-hybridized carbons (Fsp3) is 0.0588. The van der Waals surface area contributed by atoms with Crippen LogP contribution in [0.25, 0.3) is 16.8 Å². The minimum atomic E-state index is -0.331. The van der Waals surface area contributed by atoms with Gasteiger partial charge in [0.05, 0.1) is 17.5 Å². The van der Waals surface area contributed by atoms with Crippen LogP contribution in [0.2, 0.25) is 0 Å². The number of halogens is 1. The average molecular weight is 383 g/mol. The monoisotopic (exact) mass is 382 g/mol. The van der Waals surface area contributed by atoms with Crippen molar-refractivity contribution in [1.82, 2.24) is 19.6 Å². The fourth-order valence-corrected chi connectivity index (χ4v) is 2.87. The van der Waals surface area contributed by atoms with Crippen molar-refractivity contribution >= 4 is 38.5 Å². The van der Waals surface area contributed by atoms with Crippen molar-refractivity contribution < 1.29 is 4.79 Å². The van der Waals surface area contributed by atoms with Gasteiger partial charge in [0.1, 0.15) is 5.69 Å². The van der Waals surface area contributed by atoms with E-state index in [-0.39, 0.29) is 23.5 Å². The lowest BCUT2D eigenvalue weighted by molar-refractivity contribution is 0.0991. The number of carbonyl (C=O) groups is 1. The van der Waals surface area contributed by atoms with Gasteiger partial charge in [-0.15, -0.1) is 0 Å². The van der Waals surface area contributed by atoms with Crippen molar-refractivity contribution in [2.24, 2.45) is 0 Å². The summed E-state index contributed by atoms with van der Waals surface area (Å²) in [6.45, 7) is 0. The highest BCUT2D eigenvalue weighted by Crippen LogP contribution is 2.14. The Kier molecular flexibility index (Phi) is 3.50. The third-order valence-electron chi connectivity index (χ3n) is 3.80. The van der Waals surface area contributed by atoms with Crippen molar-refractivity contribution in [2.45, 2.75) is 6.42 Å². The predicted octanol–water partition coefficient (Wildman–Crippen LogP) is 2.76. The number of Topliss-reactive ketones (excluding diaryl/α,β-unsaturated/α-hetero) is 1. The third-order valence-corrected chi connectivity index (χ3v) is 4.32. The van der Waals surface area contributed by atoms with E-state index in [1.54, 1.807) is 24.3 Å². The lowest BCUT2D eigenvalue weighted by Gasteiger charge is -2.02. The molecular formula is C17H11BrN4O2. The van der Waals surface area contributed by atoms with Gasteiger partial charge in [0.15, 0.2) is 5.78 Å². The minimum Gasteiger partial charge on any atom is -0.294 e. The molecule has 2 aromatic carbocycles. The topological polar surface area (TPSA) is 80.1 Å². The zero-order valence-electron chi connectivity index (χ0n) is 12.4. The Bertz CT molecular complexity index is 1130. The van der Waals surface area contributed by atoms with Crippen molar-refractivity contribution in [1.29, 1.82) is 0 Å². The highest BCUT2D eigenvalue weighted by Gasteiger charge is 2.15. The molecule has 2 aromatic heterocycles. The number of imidazole rings is 1. The fourth-order valence-electron chi connectivity index (χ4n) is 2.61. The molecule has 118 valence electrons. The number of hydrogen-bond acceptors (Lipinski definition) is 4. The molecule has 7 heteroatoms. The van der Waals surface area contributed by atoms with Crippen LogP contribution in [-0.2, 0) is 6.42 Å². The van der Waals surface area contributed by atoms with Crippen LogP contribution in [0.1, 0.15) is 16.1 Å². The van der Waals surface area contributed by atoms with Crippen LogP contribution in [0.5, 0.6) is 0 Å². The van der Waals surface area contributed by atoms with E-state index in [0.29, 0.717) is 22.4 Å². The van der Waals surface area contributed by atoms with Crippen LogP contribution in [0, 0.1) is 0 Å². The molecule has 0 atom stereocenters. The molecule has 0 aliphatic heterocycles. The van der Waals surface area contributed by atoms with Gasteiger partial charge in [-0.2, -0.15) is 5.10 Å². The number of hydrogen-bond donors (Lipinski definition) is 1. The Hall–Kier alpha value is -2.80. The minimum absolute atomic E-state index is 0.0700. The number of aromatic amines is 1. The summed E-state index contributed by atoms with van der Waals surface area (Å²) < 4.78 is 2.34. The van der Waals surface area contributed by atoms with Gasteiger partial charge in [-0.1, -0.05) is 40.2 Å². The molecule has 0 bridgehead atoms. The summed E-state index contributed by atoms with van der Waals surface area (Å²) >= 11 is 3.33. The second kappa shape index (κ2) is 5.68. The average Bonchev–Trinajstić information content (AvgIpc) is 2.97. The van der Waals surface area contributed by atoms with Crippen LogP contribution in [0.15, 0.2) is 57.8 Å². The van der Waals surface area contributed by atoms with Crippen molar-refractivity contribution in [3.63, 3.8) is 0 Å². The van der Waals surface area contributed by atoms with Gasteiger partial charge >= 0.3 is 0 Å². The number of carbonyl (C=O) groups excluding carboxylic acids is 1. The maximum atomic E-state index is 12.7. The number of benzene rings is 2. The maximum absolute atomic E-state index is 12.7. The lowest BCUT2D eigenvalue weighted by Crippen LogP contribution is -2.23. The predicted molar refractivity (Wildman–Crippen MR) is 93.3 cm³/mol. The van der Waals surface area contributed by atoms with E-state index in [1.807, 2.05) is 24.3 Å². The second-order valence-corrected chi connectivity index (χ2v) is 6.26. The molecule has 0 saturated heterocycles. The van der Waals surface area contributed by atoms with E-state index >= 15 is 0 Å². The molecule has 0 amide bonds. The highest BCUT2D eigenvalue weighted by atomic mass is 79.9. The molecule has 0 spiro atoms. The zero-order valence-corrected chi connectivity index (χ0v) is 13.9. The van der Waals surface area contributed by atoms with E-state index in [4.69, 9.17) is 0 Å². The molecule has 0 fully saturated rings. The summed E-state index contributed by atoms with van der Waals surface area (Å²) in [5.74, 6) is 0.199. The van der Waals surface area contributed by atoms with Gasteiger partial charge in [-0.25, -0.2) is 14.5 Å². The Balaban J connectivity index is 1.78. The first-order valence-corrected chi connectivity index (χ1v) is 8.06. The number of nitrogens with one attached hydrogen (secondary N) is 1. The SMILES string of the molecule is O=C(Cc1n[nH]c2nc3ccccc3n2c1=O)c1ccc(Br)cc1. The van der Waals surface area contributed by atoms with Crippen LogP contribution in [0.3, 0.4) is 0 Å². The Morgan fingerprint density at radius 2 is 1.88 bits per heavy atom. The van der Waals surface area contributed by atoms with Crippen LogP contribution < -0.4 is 5.56 Å². The van der Waals surface area contributed by atoms with E-state index in [1.165, 1.54) is 4.40 Å². The summed E-state index contributed by atoms with van der Waals surface area (Å²) in [5, 5.41) is 6.79. The first-order valence-electron chi connectivity index (χ1n) is 7.27. The molecular weight excluding hydrogens is 372 g/mol. The summed E-state index contributed by atoms with van der Waals surface area (Å²) in [6, 6.07) is 14.3. The highest BCUT2D eigenvalue weighted by molar-refractivity contribution is 9.10. The summed E-state index contributed by atoms with van der Waals surface area (Å²) in [4.78, 5) is 29.4. The Labute approximate surface area is 144 Å². The maximum Gasteiger partial charge on any atom is 0.281 e. The van der Waals surface area contributed by atoms with Crippen LogP contribution >= 0.6 is 15.9 Å². The number of nitrogens with zero attached hydrogens (tertiary/aromatic N) is 3. The lowest BCUT2D eigenvalue weighted by atomic mass is 10.1. The smallest absolute Gasteiger partial charge is 0.281 e. The molecule has 0 aliphatic carbocycles. The van der Waals surface area contributed by atoms with E-state index < -0.39 is 0 Å². The van der Waals surface area contributed by atoms with Gasteiger partial charge in [0.25, 0.3) is 5.56 Å². The van der Waals surface area contributed by atoms with E-state index in [9.17, 15) is 9.59 Å². The third kappa shape index (κ3) is 2.43. The van der Waals surface area contributed by atoms with Crippen LogP contribution in [0.4, 0.5) is 0 Å². The number of H-pyrrole nitrogens is 1.